The van der Waals surface area contributed by atoms with E-state index in [1.165, 1.54) is 12.8 Å². The van der Waals surface area contributed by atoms with Gasteiger partial charge in [-0.2, -0.15) is 0 Å². The first-order valence-corrected chi connectivity index (χ1v) is 3.48. The highest BCUT2D eigenvalue weighted by Gasteiger charge is 2.23. The van der Waals surface area contributed by atoms with Gasteiger partial charge in [0.15, 0.2) is 0 Å². The smallest absolute Gasteiger partial charge is 0.0580 e. The summed E-state index contributed by atoms with van der Waals surface area (Å²) >= 11 is 0. The fourth-order valence-electron chi connectivity index (χ4n) is 0.629. The SMILES string of the molecule is CC[C@H](C)OC1CC1. The summed E-state index contributed by atoms with van der Waals surface area (Å²) < 4.78 is 5.51. The highest BCUT2D eigenvalue weighted by atomic mass is 16.5. The molecule has 1 atom stereocenters. The Balaban J connectivity index is 1.98. The summed E-state index contributed by atoms with van der Waals surface area (Å²) in [4.78, 5) is 0. The van der Waals surface area contributed by atoms with E-state index in [4.69, 9.17) is 4.74 Å². The molecule has 8 heavy (non-hydrogen) atoms. The van der Waals surface area contributed by atoms with Crippen LogP contribution < -0.4 is 0 Å². The van der Waals surface area contributed by atoms with Gasteiger partial charge in [-0.15, -0.1) is 0 Å². The van der Waals surface area contributed by atoms with Crippen molar-refractivity contribution in [1.82, 2.24) is 0 Å². The van der Waals surface area contributed by atoms with E-state index in [0.717, 1.165) is 6.42 Å². The van der Waals surface area contributed by atoms with Crippen LogP contribution in [0.5, 0.6) is 0 Å². The maximum Gasteiger partial charge on any atom is 0.0580 e. The first-order chi connectivity index (χ1) is 3.83. The van der Waals surface area contributed by atoms with E-state index in [0.29, 0.717) is 12.2 Å². The highest BCUT2D eigenvalue weighted by molar-refractivity contribution is 4.74. The molecular formula is C7H14O. The summed E-state index contributed by atoms with van der Waals surface area (Å²) in [6.45, 7) is 4.30. The van der Waals surface area contributed by atoms with E-state index in [-0.39, 0.29) is 0 Å². The Morgan fingerprint density at radius 2 is 2.25 bits per heavy atom. The second-order valence-electron chi connectivity index (χ2n) is 2.55. The van der Waals surface area contributed by atoms with Crippen LogP contribution in [0.25, 0.3) is 0 Å². The molecule has 0 aromatic heterocycles. The minimum Gasteiger partial charge on any atom is -0.375 e. The van der Waals surface area contributed by atoms with Crippen LogP contribution >= 0.6 is 0 Å². The van der Waals surface area contributed by atoms with Crippen LogP contribution in [0.3, 0.4) is 0 Å². The van der Waals surface area contributed by atoms with Gasteiger partial charge in [0, 0.05) is 0 Å². The van der Waals surface area contributed by atoms with Gasteiger partial charge in [0.2, 0.25) is 0 Å². The summed E-state index contributed by atoms with van der Waals surface area (Å²) in [5.74, 6) is 0. The molecule has 48 valence electrons. The van der Waals surface area contributed by atoms with Crippen LogP contribution in [-0.2, 0) is 4.74 Å². The quantitative estimate of drug-likeness (QED) is 0.545. The Labute approximate surface area is 51.0 Å². The molecule has 0 saturated heterocycles. The van der Waals surface area contributed by atoms with Gasteiger partial charge in [-0.3, -0.25) is 0 Å². The normalized spacial score (nSPS) is 23.2. The van der Waals surface area contributed by atoms with Crippen molar-refractivity contribution in [2.75, 3.05) is 0 Å². The Kier molecular flexibility index (Phi) is 1.90. The molecule has 0 aliphatic heterocycles. The van der Waals surface area contributed by atoms with Gasteiger partial charge in [0.05, 0.1) is 12.2 Å². The molecule has 0 spiro atoms. The zero-order valence-electron chi connectivity index (χ0n) is 5.68. The summed E-state index contributed by atoms with van der Waals surface area (Å²) in [6, 6.07) is 0. The average Bonchev–Trinajstić information content (AvgIpc) is 2.50. The predicted molar refractivity (Wildman–Crippen MR) is 33.9 cm³/mol. The molecule has 0 aromatic rings. The van der Waals surface area contributed by atoms with E-state index < -0.39 is 0 Å². The number of hydrogen-bond donors (Lipinski definition) is 0. The van der Waals surface area contributed by atoms with Crippen molar-refractivity contribution in [2.45, 2.75) is 45.3 Å². The van der Waals surface area contributed by atoms with Gasteiger partial charge in [-0.05, 0) is 26.2 Å². The summed E-state index contributed by atoms with van der Waals surface area (Å²) in [6.07, 6.45) is 4.86. The molecule has 1 rings (SSSR count). The van der Waals surface area contributed by atoms with Gasteiger partial charge in [-0.25, -0.2) is 0 Å². The van der Waals surface area contributed by atoms with Crippen molar-refractivity contribution >= 4 is 0 Å². The lowest BCUT2D eigenvalue weighted by Crippen LogP contribution is -2.07. The fraction of sp³-hybridized carbons (Fsp3) is 1.00. The fourth-order valence-corrected chi connectivity index (χ4v) is 0.629. The van der Waals surface area contributed by atoms with Crippen molar-refractivity contribution in [3.63, 3.8) is 0 Å². The lowest BCUT2D eigenvalue weighted by atomic mass is 10.3. The minimum atomic E-state index is 0.488. The minimum absolute atomic E-state index is 0.488. The van der Waals surface area contributed by atoms with Crippen molar-refractivity contribution < 1.29 is 4.74 Å². The van der Waals surface area contributed by atoms with E-state index in [2.05, 4.69) is 13.8 Å². The lowest BCUT2D eigenvalue weighted by Gasteiger charge is -2.07. The lowest BCUT2D eigenvalue weighted by molar-refractivity contribution is 0.0502. The van der Waals surface area contributed by atoms with Gasteiger partial charge in [-0.1, -0.05) is 6.92 Å². The number of ether oxygens (including phenoxy) is 1. The monoisotopic (exact) mass is 114 g/mol. The second kappa shape index (κ2) is 2.49. The molecule has 0 radical (unpaired) electrons. The Morgan fingerprint density at radius 3 is 2.62 bits per heavy atom. The molecule has 0 aromatic carbocycles. The van der Waals surface area contributed by atoms with Crippen LogP contribution in [0, 0.1) is 0 Å². The van der Waals surface area contributed by atoms with E-state index in [1.54, 1.807) is 0 Å². The van der Waals surface area contributed by atoms with Gasteiger partial charge in [0.25, 0.3) is 0 Å². The molecule has 0 heterocycles. The van der Waals surface area contributed by atoms with E-state index in [1.807, 2.05) is 0 Å². The summed E-state index contributed by atoms with van der Waals surface area (Å²) in [5, 5.41) is 0. The molecule has 0 bridgehead atoms. The first-order valence-electron chi connectivity index (χ1n) is 3.48. The van der Waals surface area contributed by atoms with E-state index in [9.17, 15) is 0 Å². The predicted octanol–water partition coefficient (Wildman–Crippen LogP) is 1.96. The zero-order chi connectivity index (χ0) is 5.98. The van der Waals surface area contributed by atoms with Crippen molar-refractivity contribution in [3.8, 4) is 0 Å². The Morgan fingerprint density at radius 1 is 1.62 bits per heavy atom. The third-order valence-electron chi connectivity index (χ3n) is 1.52. The molecule has 1 fully saturated rings. The standard InChI is InChI=1S/C7H14O/c1-3-6(2)8-7-4-5-7/h6-7H,3-5H2,1-2H3/t6-/m0/s1. The van der Waals surface area contributed by atoms with Gasteiger partial charge in [0.1, 0.15) is 0 Å². The van der Waals surface area contributed by atoms with Crippen LogP contribution in [0.1, 0.15) is 33.1 Å². The summed E-state index contributed by atoms with van der Waals surface area (Å²) in [7, 11) is 0. The largest absolute Gasteiger partial charge is 0.375 e. The molecule has 1 aliphatic rings. The molecule has 1 aliphatic carbocycles. The third kappa shape index (κ3) is 1.83. The number of rotatable bonds is 3. The van der Waals surface area contributed by atoms with Crippen LogP contribution in [0.2, 0.25) is 0 Å². The molecule has 1 nitrogen and oxygen atoms in total. The number of hydrogen-bond acceptors (Lipinski definition) is 1. The van der Waals surface area contributed by atoms with Crippen molar-refractivity contribution in [1.29, 1.82) is 0 Å². The third-order valence-corrected chi connectivity index (χ3v) is 1.52. The molecule has 0 N–H and O–H groups in total. The zero-order valence-corrected chi connectivity index (χ0v) is 5.68. The second-order valence-corrected chi connectivity index (χ2v) is 2.55. The maximum atomic E-state index is 5.51. The first kappa shape index (κ1) is 6.09. The Hall–Kier alpha value is -0.0400. The van der Waals surface area contributed by atoms with Crippen LogP contribution in [0.15, 0.2) is 0 Å². The average molecular weight is 114 g/mol. The molecule has 0 amide bonds. The molecule has 0 unspecified atom stereocenters. The van der Waals surface area contributed by atoms with Crippen molar-refractivity contribution in [3.05, 3.63) is 0 Å². The van der Waals surface area contributed by atoms with Gasteiger partial charge >= 0.3 is 0 Å². The van der Waals surface area contributed by atoms with E-state index >= 15 is 0 Å². The molecule has 1 heteroatoms. The summed E-state index contributed by atoms with van der Waals surface area (Å²) in [5.41, 5.74) is 0. The molecule has 1 saturated carbocycles. The van der Waals surface area contributed by atoms with Crippen molar-refractivity contribution in [2.24, 2.45) is 0 Å². The topological polar surface area (TPSA) is 9.23 Å². The van der Waals surface area contributed by atoms with Gasteiger partial charge < -0.3 is 4.74 Å². The highest BCUT2D eigenvalue weighted by Crippen LogP contribution is 2.25. The Bertz CT molecular complexity index is 66.8. The van der Waals surface area contributed by atoms with Crippen LogP contribution in [-0.4, -0.2) is 12.2 Å². The van der Waals surface area contributed by atoms with Crippen LogP contribution in [0.4, 0.5) is 0 Å². The molecular weight excluding hydrogens is 100 g/mol. The maximum absolute atomic E-state index is 5.51.